The normalized spacial score (nSPS) is 14.4. The van der Waals surface area contributed by atoms with Crippen molar-refractivity contribution in [2.24, 2.45) is 0 Å². The lowest BCUT2D eigenvalue weighted by atomic mass is 10.2. The second-order valence-corrected chi connectivity index (χ2v) is 4.03. The van der Waals surface area contributed by atoms with Gasteiger partial charge in [0.2, 0.25) is 0 Å². The van der Waals surface area contributed by atoms with Gasteiger partial charge in [-0.2, -0.15) is 0 Å². The van der Waals surface area contributed by atoms with E-state index in [0.29, 0.717) is 5.56 Å². The van der Waals surface area contributed by atoms with E-state index in [0.717, 1.165) is 17.4 Å². The summed E-state index contributed by atoms with van der Waals surface area (Å²) < 4.78 is 1.00. The summed E-state index contributed by atoms with van der Waals surface area (Å²) in [5.41, 5.74) is -0.131. The molecule has 0 radical (unpaired) electrons. The molecule has 1 aliphatic carbocycles. The van der Waals surface area contributed by atoms with Crippen LogP contribution in [0.5, 0.6) is 0 Å². The van der Waals surface area contributed by atoms with Gasteiger partial charge in [0.15, 0.2) is 0 Å². The van der Waals surface area contributed by atoms with Gasteiger partial charge in [-0.3, -0.25) is 14.4 Å². The minimum Gasteiger partial charge on any atom is -0.480 e. The summed E-state index contributed by atoms with van der Waals surface area (Å²) in [6, 6.07) is 2.82. The van der Waals surface area contributed by atoms with Crippen LogP contribution in [0.25, 0.3) is 0 Å². The molecule has 17 heavy (non-hydrogen) atoms. The second-order valence-electron chi connectivity index (χ2n) is 4.03. The van der Waals surface area contributed by atoms with Gasteiger partial charge in [-0.25, -0.2) is 0 Å². The van der Waals surface area contributed by atoms with Crippen molar-refractivity contribution >= 4 is 11.9 Å². The Morgan fingerprint density at radius 3 is 2.71 bits per heavy atom. The predicted octanol–water partition coefficient (Wildman–Crippen LogP) is -0.175. The molecule has 0 aliphatic heterocycles. The SMILES string of the molecule is O=C(O)Cn1cc(C(=O)NC2CC2)ccc1=O. The van der Waals surface area contributed by atoms with E-state index in [4.69, 9.17) is 5.11 Å². The summed E-state index contributed by atoms with van der Waals surface area (Å²) in [5, 5.41) is 11.4. The molecular formula is C11H12N2O4. The molecule has 0 saturated heterocycles. The van der Waals surface area contributed by atoms with Gasteiger partial charge in [0.1, 0.15) is 6.54 Å². The van der Waals surface area contributed by atoms with Gasteiger partial charge in [0.25, 0.3) is 11.5 Å². The second kappa shape index (κ2) is 4.40. The molecule has 1 heterocycles. The first kappa shape index (κ1) is 11.4. The third kappa shape index (κ3) is 2.93. The molecule has 2 rings (SSSR count). The number of carboxylic acid groups (broad SMARTS) is 1. The molecule has 1 aromatic heterocycles. The number of hydrogen-bond donors (Lipinski definition) is 2. The molecule has 0 spiro atoms. The van der Waals surface area contributed by atoms with Crippen LogP contribution in [0.2, 0.25) is 0 Å². The van der Waals surface area contributed by atoms with E-state index >= 15 is 0 Å². The van der Waals surface area contributed by atoms with E-state index in [-0.39, 0.29) is 11.9 Å². The lowest BCUT2D eigenvalue weighted by Crippen LogP contribution is -2.29. The maximum absolute atomic E-state index is 11.7. The van der Waals surface area contributed by atoms with Crippen LogP contribution in [0.1, 0.15) is 23.2 Å². The van der Waals surface area contributed by atoms with Crippen molar-refractivity contribution in [3.8, 4) is 0 Å². The van der Waals surface area contributed by atoms with Crippen molar-refractivity contribution in [1.82, 2.24) is 9.88 Å². The Hall–Kier alpha value is -2.11. The van der Waals surface area contributed by atoms with Gasteiger partial charge in [0, 0.05) is 18.3 Å². The zero-order valence-electron chi connectivity index (χ0n) is 9.05. The van der Waals surface area contributed by atoms with E-state index in [2.05, 4.69) is 5.32 Å². The van der Waals surface area contributed by atoms with Crippen molar-refractivity contribution in [2.45, 2.75) is 25.4 Å². The summed E-state index contributed by atoms with van der Waals surface area (Å²) in [4.78, 5) is 33.5. The van der Waals surface area contributed by atoms with Gasteiger partial charge >= 0.3 is 5.97 Å². The number of rotatable bonds is 4. The molecule has 2 N–H and O–H groups in total. The minimum atomic E-state index is -1.12. The minimum absolute atomic E-state index is 0.224. The van der Waals surface area contributed by atoms with Gasteiger partial charge in [0.05, 0.1) is 5.56 Å². The van der Waals surface area contributed by atoms with Crippen LogP contribution in [0.4, 0.5) is 0 Å². The average Bonchev–Trinajstić information content (AvgIpc) is 3.04. The number of aliphatic carboxylic acids is 1. The van der Waals surface area contributed by atoms with Crippen LogP contribution >= 0.6 is 0 Å². The summed E-state index contributed by atoms with van der Waals surface area (Å²) in [6.07, 6.45) is 3.22. The number of aromatic nitrogens is 1. The molecule has 1 fully saturated rings. The Morgan fingerprint density at radius 2 is 2.12 bits per heavy atom. The monoisotopic (exact) mass is 236 g/mol. The predicted molar refractivity (Wildman–Crippen MR) is 58.8 cm³/mol. The number of pyridine rings is 1. The highest BCUT2D eigenvalue weighted by atomic mass is 16.4. The highest BCUT2D eigenvalue weighted by molar-refractivity contribution is 5.94. The Bertz CT molecular complexity index is 516. The van der Waals surface area contributed by atoms with Gasteiger partial charge in [-0.05, 0) is 18.9 Å². The maximum Gasteiger partial charge on any atom is 0.323 e. The third-order valence-corrected chi connectivity index (χ3v) is 2.46. The number of hydrogen-bond acceptors (Lipinski definition) is 3. The van der Waals surface area contributed by atoms with E-state index in [1.165, 1.54) is 18.3 Å². The van der Waals surface area contributed by atoms with Crippen molar-refractivity contribution < 1.29 is 14.7 Å². The molecule has 6 nitrogen and oxygen atoms in total. The molecule has 0 atom stereocenters. The number of carboxylic acids is 1. The average molecular weight is 236 g/mol. The van der Waals surface area contributed by atoms with E-state index < -0.39 is 18.1 Å². The molecule has 1 aliphatic rings. The molecule has 1 amide bonds. The molecule has 0 unspecified atom stereocenters. The molecule has 1 saturated carbocycles. The molecule has 0 bridgehead atoms. The first-order chi connectivity index (χ1) is 8.06. The molecule has 0 aromatic carbocycles. The Morgan fingerprint density at radius 1 is 1.41 bits per heavy atom. The zero-order valence-corrected chi connectivity index (χ0v) is 9.05. The number of carbonyl (C=O) groups is 2. The zero-order chi connectivity index (χ0) is 12.4. The Kier molecular flexibility index (Phi) is 2.95. The Balaban J connectivity index is 2.19. The molecule has 90 valence electrons. The van der Waals surface area contributed by atoms with Crippen LogP contribution in [0.3, 0.4) is 0 Å². The lowest BCUT2D eigenvalue weighted by Gasteiger charge is -2.06. The van der Waals surface area contributed by atoms with E-state index in [1.54, 1.807) is 0 Å². The Labute approximate surface area is 96.9 Å². The van der Waals surface area contributed by atoms with E-state index in [1.807, 2.05) is 0 Å². The van der Waals surface area contributed by atoms with Gasteiger partial charge in [-0.1, -0.05) is 0 Å². The summed E-state index contributed by atoms with van der Waals surface area (Å²) in [5.74, 6) is -1.39. The maximum atomic E-state index is 11.7. The van der Waals surface area contributed by atoms with Crippen LogP contribution < -0.4 is 10.9 Å². The lowest BCUT2D eigenvalue weighted by molar-refractivity contribution is -0.137. The summed E-state index contributed by atoms with van der Waals surface area (Å²) in [6.45, 7) is -0.441. The van der Waals surface area contributed by atoms with Crippen LogP contribution in [-0.4, -0.2) is 27.6 Å². The smallest absolute Gasteiger partial charge is 0.323 e. The first-order valence-electron chi connectivity index (χ1n) is 5.29. The summed E-state index contributed by atoms with van der Waals surface area (Å²) >= 11 is 0. The van der Waals surface area contributed by atoms with E-state index in [9.17, 15) is 14.4 Å². The van der Waals surface area contributed by atoms with Gasteiger partial charge < -0.3 is 15.0 Å². The molecule has 1 aromatic rings. The number of amides is 1. The fourth-order valence-corrected chi connectivity index (χ4v) is 1.43. The fraction of sp³-hybridized carbons (Fsp3) is 0.364. The largest absolute Gasteiger partial charge is 0.480 e. The molecule has 6 heteroatoms. The highest BCUT2D eigenvalue weighted by Crippen LogP contribution is 2.19. The quantitative estimate of drug-likeness (QED) is 0.759. The number of nitrogens with zero attached hydrogens (tertiary/aromatic N) is 1. The molecular weight excluding hydrogens is 224 g/mol. The van der Waals surface area contributed by atoms with Crippen molar-refractivity contribution in [2.75, 3.05) is 0 Å². The van der Waals surface area contributed by atoms with Crippen LogP contribution in [0, 0.1) is 0 Å². The van der Waals surface area contributed by atoms with Crippen LogP contribution in [0.15, 0.2) is 23.1 Å². The summed E-state index contributed by atoms with van der Waals surface area (Å²) in [7, 11) is 0. The third-order valence-electron chi connectivity index (χ3n) is 2.46. The van der Waals surface area contributed by atoms with Gasteiger partial charge in [-0.15, -0.1) is 0 Å². The number of carbonyl (C=O) groups excluding carboxylic acids is 1. The highest BCUT2D eigenvalue weighted by Gasteiger charge is 2.24. The van der Waals surface area contributed by atoms with Crippen molar-refractivity contribution in [3.05, 3.63) is 34.2 Å². The topological polar surface area (TPSA) is 88.4 Å². The fourth-order valence-electron chi connectivity index (χ4n) is 1.43. The van der Waals surface area contributed by atoms with Crippen molar-refractivity contribution in [3.63, 3.8) is 0 Å². The van der Waals surface area contributed by atoms with Crippen molar-refractivity contribution in [1.29, 1.82) is 0 Å². The standard InChI is InChI=1S/C11H12N2O4/c14-9-4-1-7(5-13(9)6-10(15)16)11(17)12-8-2-3-8/h1,4-5,8H,2-3,6H2,(H,12,17)(H,15,16). The number of nitrogens with one attached hydrogen (secondary N) is 1. The first-order valence-corrected chi connectivity index (χ1v) is 5.29. The van der Waals surface area contributed by atoms with Crippen LogP contribution in [-0.2, 0) is 11.3 Å².